The second-order valence-electron chi connectivity index (χ2n) is 3.88. The molecule has 5 heteroatoms. The van der Waals surface area contributed by atoms with Crippen LogP contribution in [0.15, 0.2) is 0 Å². The minimum atomic E-state index is -0.147. The topological polar surface area (TPSA) is 44.8 Å². The van der Waals surface area contributed by atoms with Gasteiger partial charge in [0.15, 0.2) is 0 Å². The normalized spacial score (nSPS) is 30.0. The lowest BCUT2D eigenvalue weighted by molar-refractivity contribution is 0.0845. The fraction of sp³-hybridized carbons (Fsp3) is 0.889. The highest BCUT2D eigenvalue weighted by molar-refractivity contribution is 5.70. The van der Waals surface area contributed by atoms with E-state index < -0.39 is 0 Å². The van der Waals surface area contributed by atoms with Crippen LogP contribution < -0.4 is 5.32 Å². The molecule has 2 aliphatic rings. The Morgan fingerprint density at radius 1 is 1.57 bits per heavy atom. The third-order valence-electron chi connectivity index (χ3n) is 3.11. The number of fused-ring (bicyclic) bond motifs is 1. The van der Waals surface area contributed by atoms with Gasteiger partial charge in [-0.3, -0.25) is 9.80 Å². The summed E-state index contributed by atoms with van der Waals surface area (Å²) in [5.74, 6) is 0. The summed E-state index contributed by atoms with van der Waals surface area (Å²) in [7, 11) is 1.95. The first-order chi connectivity index (χ1) is 6.72. The fourth-order valence-electron chi connectivity index (χ4n) is 2.05. The monoisotopic (exact) mass is 199 g/mol. The number of carbonyl (C=O) groups excluding carboxylic acids is 1. The highest BCUT2D eigenvalue weighted by atomic mass is 16.6. The molecule has 14 heavy (non-hydrogen) atoms. The Morgan fingerprint density at radius 3 is 3.07 bits per heavy atom. The highest BCUT2D eigenvalue weighted by Crippen LogP contribution is 2.18. The first kappa shape index (κ1) is 9.73. The Bertz CT molecular complexity index is 234. The van der Waals surface area contributed by atoms with E-state index in [0.717, 1.165) is 19.6 Å². The summed E-state index contributed by atoms with van der Waals surface area (Å²) in [5, 5.41) is 3.21. The molecule has 0 aromatic carbocycles. The molecule has 0 radical (unpaired) electrons. The molecule has 80 valence electrons. The van der Waals surface area contributed by atoms with Crippen LogP contribution in [0.25, 0.3) is 0 Å². The predicted molar refractivity (Wildman–Crippen MR) is 51.9 cm³/mol. The van der Waals surface area contributed by atoms with Crippen molar-refractivity contribution in [3.05, 3.63) is 0 Å². The molecule has 2 fully saturated rings. The lowest BCUT2D eigenvalue weighted by Gasteiger charge is -2.38. The number of hydrogen-bond acceptors (Lipinski definition) is 4. The van der Waals surface area contributed by atoms with Crippen LogP contribution in [0.2, 0.25) is 0 Å². The van der Waals surface area contributed by atoms with Crippen LogP contribution in [0.5, 0.6) is 0 Å². The summed E-state index contributed by atoms with van der Waals surface area (Å²) >= 11 is 0. The average Bonchev–Trinajstić information content (AvgIpc) is 2.59. The van der Waals surface area contributed by atoms with Crippen molar-refractivity contribution in [2.45, 2.75) is 19.1 Å². The molecule has 1 amide bonds. The van der Waals surface area contributed by atoms with Crippen LogP contribution in [0.3, 0.4) is 0 Å². The van der Waals surface area contributed by atoms with E-state index in [1.165, 1.54) is 0 Å². The summed E-state index contributed by atoms with van der Waals surface area (Å²) in [4.78, 5) is 15.4. The van der Waals surface area contributed by atoms with Gasteiger partial charge in [0.2, 0.25) is 0 Å². The van der Waals surface area contributed by atoms with Gasteiger partial charge in [0.25, 0.3) is 0 Å². The van der Waals surface area contributed by atoms with Gasteiger partial charge in [-0.15, -0.1) is 0 Å². The SMILES string of the molecule is CNC(C)N1CCN2C(=O)OCC2C1. The van der Waals surface area contributed by atoms with Gasteiger partial charge >= 0.3 is 6.09 Å². The molecule has 2 unspecified atom stereocenters. The van der Waals surface area contributed by atoms with E-state index in [4.69, 9.17) is 4.74 Å². The number of amides is 1. The first-order valence-corrected chi connectivity index (χ1v) is 5.07. The molecular formula is C9H17N3O2. The Labute approximate surface area is 84.0 Å². The van der Waals surface area contributed by atoms with Crippen molar-refractivity contribution in [2.75, 3.05) is 33.3 Å². The molecule has 0 bridgehead atoms. The van der Waals surface area contributed by atoms with E-state index in [9.17, 15) is 4.79 Å². The van der Waals surface area contributed by atoms with Gasteiger partial charge in [-0.1, -0.05) is 0 Å². The Morgan fingerprint density at radius 2 is 2.36 bits per heavy atom. The van der Waals surface area contributed by atoms with Crippen LogP contribution in [-0.2, 0) is 4.74 Å². The summed E-state index contributed by atoms with van der Waals surface area (Å²) in [6.45, 7) is 5.30. The Balaban J connectivity index is 1.95. The summed E-state index contributed by atoms with van der Waals surface area (Å²) in [6, 6.07) is 0.257. The standard InChI is InChI=1S/C9H17N3O2/c1-7(10-2)11-3-4-12-8(5-11)6-14-9(12)13/h7-8,10H,3-6H2,1-2H3. The quantitative estimate of drug-likeness (QED) is 0.662. The van der Waals surface area contributed by atoms with E-state index in [-0.39, 0.29) is 12.1 Å². The fourth-order valence-corrected chi connectivity index (χ4v) is 2.05. The van der Waals surface area contributed by atoms with Gasteiger partial charge in [-0.05, 0) is 14.0 Å². The van der Waals surface area contributed by atoms with E-state index in [1.54, 1.807) is 0 Å². The molecule has 0 aromatic rings. The van der Waals surface area contributed by atoms with E-state index in [1.807, 2.05) is 11.9 Å². The second-order valence-corrected chi connectivity index (χ2v) is 3.88. The summed E-state index contributed by atoms with van der Waals surface area (Å²) in [6.07, 6.45) is 0.222. The molecule has 0 saturated carbocycles. The minimum Gasteiger partial charge on any atom is -0.447 e. The van der Waals surface area contributed by atoms with Gasteiger partial charge in [-0.2, -0.15) is 0 Å². The van der Waals surface area contributed by atoms with Gasteiger partial charge < -0.3 is 10.1 Å². The zero-order chi connectivity index (χ0) is 10.1. The van der Waals surface area contributed by atoms with Crippen molar-refractivity contribution in [3.8, 4) is 0 Å². The Kier molecular flexibility index (Phi) is 2.60. The Hall–Kier alpha value is -0.810. The van der Waals surface area contributed by atoms with Gasteiger partial charge in [-0.25, -0.2) is 4.79 Å². The maximum atomic E-state index is 11.2. The van der Waals surface area contributed by atoms with E-state index in [2.05, 4.69) is 17.1 Å². The molecule has 0 spiro atoms. The maximum Gasteiger partial charge on any atom is 0.410 e. The van der Waals surface area contributed by atoms with Crippen LogP contribution >= 0.6 is 0 Å². The lowest BCUT2D eigenvalue weighted by Crippen LogP contribution is -2.56. The molecule has 1 N–H and O–H groups in total. The van der Waals surface area contributed by atoms with Crippen molar-refractivity contribution in [3.63, 3.8) is 0 Å². The first-order valence-electron chi connectivity index (χ1n) is 5.07. The number of cyclic esters (lactones) is 1. The molecule has 0 aromatic heterocycles. The molecule has 5 nitrogen and oxygen atoms in total. The van der Waals surface area contributed by atoms with Gasteiger partial charge in [0.1, 0.15) is 6.61 Å². The molecule has 0 aliphatic carbocycles. The van der Waals surface area contributed by atoms with Crippen LogP contribution in [-0.4, -0.2) is 61.4 Å². The highest BCUT2D eigenvalue weighted by Gasteiger charge is 2.38. The summed E-state index contributed by atoms with van der Waals surface area (Å²) < 4.78 is 5.00. The lowest BCUT2D eigenvalue weighted by atomic mass is 10.2. The van der Waals surface area contributed by atoms with Crippen molar-refractivity contribution >= 4 is 6.09 Å². The minimum absolute atomic E-state index is 0.147. The number of piperazine rings is 1. The third-order valence-corrected chi connectivity index (χ3v) is 3.11. The van der Waals surface area contributed by atoms with Gasteiger partial charge in [0.05, 0.1) is 12.2 Å². The van der Waals surface area contributed by atoms with E-state index in [0.29, 0.717) is 12.8 Å². The van der Waals surface area contributed by atoms with Crippen molar-refractivity contribution in [2.24, 2.45) is 0 Å². The smallest absolute Gasteiger partial charge is 0.410 e. The third kappa shape index (κ3) is 1.57. The van der Waals surface area contributed by atoms with Crippen molar-refractivity contribution < 1.29 is 9.53 Å². The number of nitrogens with one attached hydrogen (secondary N) is 1. The van der Waals surface area contributed by atoms with Crippen LogP contribution in [0.1, 0.15) is 6.92 Å². The zero-order valence-electron chi connectivity index (χ0n) is 8.69. The molecule has 2 saturated heterocycles. The largest absolute Gasteiger partial charge is 0.447 e. The van der Waals surface area contributed by atoms with E-state index >= 15 is 0 Å². The van der Waals surface area contributed by atoms with Gasteiger partial charge in [0, 0.05) is 19.6 Å². The van der Waals surface area contributed by atoms with Crippen LogP contribution in [0.4, 0.5) is 4.79 Å². The average molecular weight is 199 g/mol. The molecule has 2 atom stereocenters. The van der Waals surface area contributed by atoms with Crippen molar-refractivity contribution in [1.82, 2.24) is 15.1 Å². The predicted octanol–water partition coefficient (Wildman–Crippen LogP) is -0.312. The molecule has 2 aliphatic heterocycles. The van der Waals surface area contributed by atoms with Crippen LogP contribution in [0, 0.1) is 0 Å². The second kappa shape index (κ2) is 3.74. The number of nitrogens with zero attached hydrogens (tertiary/aromatic N) is 2. The number of hydrogen-bond donors (Lipinski definition) is 1. The maximum absolute atomic E-state index is 11.2. The molecule has 2 rings (SSSR count). The number of ether oxygens (including phenoxy) is 1. The molecule has 2 heterocycles. The van der Waals surface area contributed by atoms with Crippen molar-refractivity contribution in [1.29, 1.82) is 0 Å². The molecular weight excluding hydrogens is 182 g/mol. The summed E-state index contributed by atoms with van der Waals surface area (Å²) in [5.41, 5.74) is 0. The number of carbonyl (C=O) groups is 1. The zero-order valence-corrected chi connectivity index (χ0v) is 8.69. The number of rotatable bonds is 2.